The van der Waals surface area contributed by atoms with Gasteiger partial charge < -0.3 is 14.7 Å². The molecule has 4 rings (SSSR count). The molecule has 3 heterocycles. The molecule has 148 valence electrons. The molecule has 2 aliphatic heterocycles. The van der Waals surface area contributed by atoms with E-state index < -0.39 is 0 Å². The van der Waals surface area contributed by atoms with E-state index in [-0.39, 0.29) is 11.8 Å². The van der Waals surface area contributed by atoms with Crippen LogP contribution in [0.15, 0.2) is 42.6 Å². The molecule has 2 aromatic rings. The highest BCUT2D eigenvalue weighted by molar-refractivity contribution is 5.97. The predicted octanol–water partition coefficient (Wildman–Crippen LogP) is 2.43. The van der Waals surface area contributed by atoms with Crippen LogP contribution < -0.4 is 9.80 Å². The highest BCUT2D eigenvalue weighted by Gasteiger charge is 2.24. The molecule has 29 heavy (non-hydrogen) atoms. The summed E-state index contributed by atoms with van der Waals surface area (Å²) >= 11 is 0. The van der Waals surface area contributed by atoms with Crippen molar-refractivity contribution in [3.8, 4) is 6.07 Å². The molecule has 0 atom stereocenters. The largest absolute Gasteiger partial charge is 0.353 e. The number of nitriles is 1. The van der Waals surface area contributed by atoms with Crippen LogP contribution in [0.25, 0.3) is 0 Å². The zero-order valence-electron chi connectivity index (χ0n) is 16.3. The molecule has 0 saturated carbocycles. The average Bonchev–Trinajstić information content (AvgIpc) is 2.79. The number of carbonyl (C=O) groups is 2. The molecule has 0 N–H and O–H groups in total. The number of anilines is 2. The first-order valence-corrected chi connectivity index (χ1v) is 9.96. The van der Waals surface area contributed by atoms with Gasteiger partial charge in [0.2, 0.25) is 5.91 Å². The number of amides is 2. The van der Waals surface area contributed by atoms with Crippen LogP contribution in [0, 0.1) is 11.3 Å². The van der Waals surface area contributed by atoms with E-state index in [0.29, 0.717) is 43.7 Å². The van der Waals surface area contributed by atoms with Crippen LogP contribution in [-0.2, 0) is 4.79 Å². The van der Waals surface area contributed by atoms with E-state index in [1.807, 2.05) is 29.2 Å². The lowest BCUT2D eigenvalue weighted by molar-refractivity contribution is -0.119. The molecule has 2 aliphatic rings. The Morgan fingerprint density at radius 3 is 2.45 bits per heavy atom. The van der Waals surface area contributed by atoms with E-state index in [2.05, 4.69) is 16.0 Å². The molecule has 2 amide bonds. The van der Waals surface area contributed by atoms with Crippen LogP contribution in [0.2, 0.25) is 0 Å². The molecule has 7 heteroatoms. The van der Waals surface area contributed by atoms with Gasteiger partial charge in [0.15, 0.2) is 0 Å². The third kappa shape index (κ3) is 4.06. The van der Waals surface area contributed by atoms with Gasteiger partial charge in [0.05, 0.1) is 11.6 Å². The van der Waals surface area contributed by atoms with Crippen LogP contribution in [0.5, 0.6) is 0 Å². The van der Waals surface area contributed by atoms with E-state index in [4.69, 9.17) is 5.26 Å². The Bertz CT molecular complexity index is 942. The molecule has 0 bridgehead atoms. The summed E-state index contributed by atoms with van der Waals surface area (Å²) in [7, 11) is 0. The number of hydrogen-bond acceptors (Lipinski definition) is 5. The standard InChI is InChI=1S/C22H23N5O2/c23-16-17-8-9-24-20(15-17)25-11-13-26(14-12-25)22(29)18-4-6-19(7-5-18)27-10-2-1-3-21(27)28/h4-9,15H,1-3,10-14H2. The van der Waals surface area contributed by atoms with Gasteiger partial charge in [0.1, 0.15) is 5.82 Å². The van der Waals surface area contributed by atoms with Gasteiger partial charge in [-0.1, -0.05) is 0 Å². The van der Waals surface area contributed by atoms with E-state index in [0.717, 1.165) is 30.9 Å². The predicted molar refractivity (Wildman–Crippen MR) is 110 cm³/mol. The molecule has 2 fully saturated rings. The van der Waals surface area contributed by atoms with Crippen LogP contribution in [0.4, 0.5) is 11.5 Å². The first-order chi connectivity index (χ1) is 14.2. The summed E-state index contributed by atoms with van der Waals surface area (Å²) in [6, 6.07) is 12.9. The van der Waals surface area contributed by atoms with Crippen molar-refractivity contribution in [2.24, 2.45) is 0 Å². The number of nitrogens with zero attached hydrogens (tertiary/aromatic N) is 5. The van der Waals surface area contributed by atoms with Crippen LogP contribution in [0.1, 0.15) is 35.2 Å². The lowest BCUT2D eigenvalue weighted by atomic mass is 10.1. The summed E-state index contributed by atoms with van der Waals surface area (Å²) in [6.45, 7) is 3.30. The normalized spacial score (nSPS) is 17.2. The third-order valence-electron chi connectivity index (χ3n) is 5.51. The van der Waals surface area contributed by atoms with Gasteiger partial charge in [-0.15, -0.1) is 0 Å². The van der Waals surface area contributed by atoms with E-state index in [9.17, 15) is 9.59 Å². The van der Waals surface area contributed by atoms with Crippen molar-refractivity contribution >= 4 is 23.3 Å². The Labute approximate surface area is 170 Å². The molecule has 2 saturated heterocycles. The van der Waals surface area contributed by atoms with Crippen molar-refractivity contribution in [2.45, 2.75) is 19.3 Å². The van der Waals surface area contributed by atoms with E-state index in [1.54, 1.807) is 23.2 Å². The van der Waals surface area contributed by atoms with Crippen LogP contribution >= 0.6 is 0 Å². The summed E-state index contributed by atoms with van der Waals surface area (Å²) < 4.78 is 0. The molecule has 7 nitrogen and oxygen atoms in total. The smallest absolute Gasteiger partial charge is 0.253 e. The maximum absolute atomic E-state index is 12.9. The van der Waals surface area contributed by atoms with Gasteiger partial charge in [-0.05, 0) is 49.2 Å². The van der Waals surface area contributed by atoms with Gasteiger partial charge in [-0.25, -0.2) is 4.98 Å². The quantitative estimate of drug-likeness (QED) is 0.805. The van der Waals surface area contributed by atoms with Crippen LogP contribution in [-0.4, -0.2) is 54.4 Å². The summed E-state index contributed by atoms with van der Waals surface area (Å²) in [5, 5.41) is 9.05. The number of aromatic nitrogens is 1. The SMILES string of the molecule is N#Cc1ccnc(N2CCN(C(=O)c3ccc(N4CCCCC4=O)cc3)CC2)c1. The molecule has 0 spiro atoms. The third-order valence-corrected chi connectivity index (χ3v) is 5.51. The number of piperidine rings is 1. The van der Waals surface area contributed by atoms with Crippen molar-refractivity contribution in [1.29, 1.82) is 5.26 Å². The van der Waals surface area contributed by atoms with Crippen LogP contribution in [0.3, 0.4) is 0 Å². The van der Waals surface area contributed by atoms with E-state index in [1.165, 1.54) is 0 Å². The van der Waals surface area contributed by atoms with Crippen molar-refractivity contribution in [3.63, 3.8) is 0 Å². The second-order valence-corrected chi connectivity index (χ2v) is 7.34. The fourth-order valence-electron chi connectivity index (χ4n) is 3.84. The monoisotopic (exact) mass is 389 g/mol. The number of piperazine rings is 1. The minimum atomic E-state index is -0.0000876. The lowest BCUT2D eigenvalue weighted by Crippen LogP contribution is -2.49. The second-order valence-electron chi connectivity index (χ2n) is 7.34. The fraction of sp³-hybridized carbons (Fsp3) is 0.364. The fourth-order valence-corrected chi connectivity index (χ4v) is 3.84. The topological polar surface area (TPSA) is 80.5 Å². The number of rotatable bonds is 3. The number of benzene rings is 1. The van der Waals surface area contributed by atoms with Gasteiger partial charge in [-0.3, -0.25) is 9.59 Å². The molecule has 1 aromatic heterocycles. The molecule has 0 aliphatic carbocycles. The average molecular weight is 389 g/mol. The minimum Gasteiger partial charge on any atom is -0.353 e. The summed E-state index contributed by atoms with van der Waals surface area (Å²) in [4.78, 5) is 35.0. The highest BCUT2D eigenvalue weighted by atomic mass is 16.2. The van der Waals surface area contributed by atoms with Gasteiger partial charge in [0.25, 0.3) is 5.91 Å². The Kier molecular flexibility index (Phi) is 5.43. The highest BCUT2D eigenvalue weighted by Crippen LogP contribution is 2.22. The summed E-state index contributed by atoms with van der Waals surface area (Å²) in [5.74, 6) is 0.923. The zero-order chi connectivity index (χ0) is 20.2. The second kappa shape index (κ2) is 8.31. The Balaban J connectivity index is 1.38. The van der Waals surface area contributed by atoms with Crippen molar-refractivity contribution in [2.75, 3.05) is 42.5 Å². The first-order valence-electron chi connectivity index (χ1n) is 9.96. The summed E-state index contributed by atoms with van der Waals surface area (Å²) in [6.07, 6.45) is 4.20. The van der Waals surface area contributed by atoms with Crippen molar-refractivity contribution in [3.05, 3.63) is 53.7 Å². The Hall–Kier alpha value is -3.40. The lowest BCUT2D eigenvalue weighted by Gasteiger charge is -2.35. The Morgan fingerprint density at radius 1 is 1.00 bits per heavy atom. The zero-order valence-corrected chi connectivity index (χ0v) is 16.3. The van der Waals surface area contributed by atoms with Crippen molar-refractivity contribution in [1.82, 2.24) is 9.88 Å². The Morgan fingerprint density at radius 2 is 1.76 bits per heavy atom. The van der Waals surface area contributed by atoms with Gasteiger partial charge in [-0.2, -0.15) is 5.26 Å². The van der Waals surface area contributed by atoms with Gasteiger partial charge >= 0.3 is 0 Å². The minimum absolute atomic E-state index is 0.0000876. The molecule has 1 aromatic carbocycles. The van der Waals surface area contributed by atoms with Gasteiger partial charge in [0, 0.05) is 56.6 Å². The number of pyridine rings is 1. The maximum atomic E-state index is 12.9. The maximum Gasteiger partial charge on any atom is 0.253 e. The number of carbonyl (C=O) groups excluding carboxylic acids is 2. The molecule has 0 unspecified atom stereocenters. The summed E-state index contributed by atoms with van der Waals surface area (Å²) in [5.41, 5.74) is 2.08. The molecule has 0 radical (unpaired) electrons. The molecular formula is C22H23N5O2. The van der Waals surface area contributed by atoms with Crippen molar-refractivity contribution < 1.29 is 9.59 Å². The molecular weight excluding hydrogens is 366 g/mol. The number of hydrogen-bond donors (Lipinski definition) is 0. The van der Waals surface area contributed by atoms with E-state index >= 15 is 0 Å². The first kappa shape index (κ1) is 18.9.